The van der Waals surface area contributed by atoms with E-state index < -0.39 is 48.8 Å². The monoisotopic (exact) mass is 698 g/mol. The van der Waals surface area contributed by atoms with E-state index in [1.54, 1.807) is 22.8 Å². The minimum Gasteiger partial charge on any atom is -0.465 e. The summed E-state index contributed by atoms with van der Waals surface area (Å²) in [6.07, 6.45) is -4.95. The summed E-state index contributed by atoms with van der Waals surface area (Å²) < 4.78 is 40.4. The molecule has 7 rings (SSSR count). The molecule has 264 valence electrons. The molecule has 16 nitrogen and oxygen atoms in total. The summed E-state index contributed by atoms with van der Waals surface area (Å²) in [5.41, 5.74) is 4.86. The second kappa shape index (κ2) is 14.5. The standard InChI is InChI=1S/C35H34N6O10/c1-4-45-34-36-26-11-7-10-25(33(43)49-20(3)50-35(44)51-28-18-47-30-27(48-19(2)42)17-46-31(28)30)29(26)41(34)16-21-12-14-22(15-13-21)23-8-5-6-9-24(23)32-37-39-40-38-32/h5-15,20,27-28,30-31H,4,16-18H2,1-3H3,(H,37,38,39,40)/t20?,27-,28-,30+,31+/m1/s1. The molecule has 5 aromatic rings. The van der Waals surface area contributed by atoms with Gasteiger partial charge in [0.25, 0.3) is 6.01 Å². The molecular formula is C35H34N6O10. The molecule has 0 saturated carbocycles. The molecule has 16 heteroatoms. The Morgan fingerprint density at radius 2 is 1.65 bits per heavy atom. The number of hydrogen-bond donors (Lipinski definition) is 1. The third kappa shape index (κ3) is 7.09. The average molecular weight is 699 g/mol. The first-order valence-corrected chi connectivity index (χ1v) is 16.3. The van der Waals surface area contributed by atoms with Crippen LogP contribution in [0.5, 0.6) is 6.01 Å². The van der Waals surface area contributed by atoms with Gasteiger partial charge in [0.15, 0.2) is 12.2 Å². The van der Waals surface area contributed by atoms with E-state index in [1.165, 1.54) is 13.8 Å². The van der Waals surface area contributed by atoms with Crippen LogP contribution in [0.25, 0.3) is 33.5 Å². The molecule has 5 atom stereocenters. The van der Waals surface area contributed by atoms with Gasteiger partial charge in [0.1, 0.15) is 12.2 Å². The van der Waals surface area contributed by atoms with Gasteiger partial charge in [-0.25, -0.2) is 9.59 Å². The third-order valence-corrected chi connectivity index (χ3v) is 8.41. The highest BCUT2D eigenvalue weighted by molar-refractivity contribution is 6.02. The number of tetrazole rings is 1. The number of nitrogens with one attached hydrogen (secondary N) is 1. The zero-order valence-corrected chi connectivity index (χ0v) is 27.9. The zero-order chi connectivity index (χ0) is 35.5. The van der Waals surface area contributed by atoms with Crippen LogP contribution in [-0.2, 0) is 39.8 Å². The second-order valence-corrected chi connectivity index (χ2v) is 11.8. The molecule has 0 aliphatic carbocycles. The summed E-state index contributed by atoms with van der Waals surface area (Å²) in [5, 5.41) is 14.4. The van der Waals surface area contributed by atoms with Crippen molar-refractivity contribution in [1.82, 2.24) is 30.2 Å². The smallest absolute Gasteiger partial charge is 0.465 e. The molecule has 1 N–H and O–H groups in total. The molecule has 4 heterocycles. The Morgan fingerprint density at radius 3 is 2.33 bits per heavy atom. The Morgan fingerprint density at radius 1 is 0.922 bits per heavy atom. The molecule has 3 aromatic carbocycles. The summed E-state index contributed by atoms with van der Waals surface area (Å²) in [4.78, 5) is 42.2. The number of para-hydroxylation sites is 1. The van der Waals surface area contributed by atoms with Crippen LogP contribution in [0.2, 0.25) is 0 Å². The Hall–Kier alpha value is -5.87. The van der Waals surface area contributed by atoms with Crippen molar-refractivity contribution in [3.8, 4) is 28.5 Å². The highest BCUT2D eigenvalue weighted by Gasteiger charge is 2.51. The predicted octanol–water partition coefficient (Wildman–Crippen LogP) is 4.08. The van der Waals surface area contributed by atoms with Gasteiger partial charge >= 0.3 is 18.1 Å². The first-order valence-electron chi connectivity index (χ1n) is 16.3. The van der Waals surface area contributed by atoms with Crippen LogP contribution in [0, 0.1) is 0 Å². The Kier molecular flexibility index (Phi) is 9.59. The van der Waals surface area contributed by atoms with Crippen LogP contribution in [0.4, 0.5) is 4.79 Å². The van der Waals surface area contributed by atoms with E-state index in [0.717, 1.165) is 22.3 Å². The van der Waals surface area contributed by atoms with Gasteiger partial charge in [-0.3, -0.25) is 9.36 Å². The number of aromatic amines is 1. The van der Waals surface area contributed by atoms with Crippen molar-refractivity contribution in [2.75, 3.05) is 19.8 Å². The lowest BCUT2D eigenvalue weighted by Gasteiger charge is -2.19. The number of carbonyl (C=O) groups is 3. The van der Waals surface area contributed by atoms with Crippen LogP contribution < -0.4 is 4.74 Å². The molecule has 51 heavy (non-hydrogen) atoms. The average Bonchev–Trinajstić information content (AvgIpc) is 3.92. The number of rotatable bonds is 11. The van der Waals surface area contributed by atoms with Gasteiger partial charge < -0.3 is 33.2 Å². The normalized spacial score (nSPS) is 20.1. The molecular weight excluding hydrogens is 664 g/mol. The van der Waals surface area contributed by atoms with Crippen molar-refractivity contribution in [3.63, 3.8) is 0 Å². The van der Waals surface area contributed by atoms with Gasteiger partial charge in [-0.15, -0.1) is 10.2 Å². The van der Waals surface area contributed by atoms with Crippen LogP contribution in [0.1, 0.15) is 36.7 Å². The Labute approximate surface area is 290 Å². The number of H-pyrrole nitrogens is 1. The zero-order valence-electron chi connectivity index (χ0n) is 27.9. The first kappa shape index (κ1) is 33.6. The SMILES string of the molecule is CCOc1nc2cccc(C(=O)OC(C)OC(=O)O[C@@H]3CO[C@@H]4[C@H]3OC[C@H]4OC(C)=O)c2n1Cc1ccc(-c2ccccc2-c2nn[nH]n2)cc1. The van der Waals surface area contributed by atoms with E-state index in [4.69, 9.17) is 33.2 Å². The molecule has 2 aromatic heterocycles. The van der Waals surface area contributed by atoms with Gasteiger partial charge in [0, 0.05) is 19.4 Å². The maximum atomic E-state index is 13.5. The molecule has 2 fully saturated rings. The van der Waals surface area contributed by atoms with E-state index in [2.05, 4.69) is 25.6 Å². The van der Waals surface area contributed by atoms with Crippen molar-refractivity contribution in [1.29, 1.82) is 0 Å². The molecule has 0 radical (unpaired) electrons. The fourth-order valence-electron chi connectivity index (χ4n) is 6.26. The number of aromatic nitrogens is 6. The van der Waals surface area contributed by atoms with Gasteiger partial charge in [-0.05, 0) is 41.0 Å². The lowest BCUT2D eigenvalue weighted by molar-refractivity contribution is -0.151. The molecule has 0 bridgehead atoms. The molecule has 1 unspecified atom stereocenters. The van der Waals surface area contributed by atoms with Gasteiger partial charge in [0.05, 0.1) is 43.0 Å². The molecule has 0 spiro atoms. The van der Waals surface area contributed by atoms with Crippen molar-refractivity contribution >= 4 is 29.1 Å². The van der Waals surface area contributed by atoms with Crippen molar-refractivity contribution in [3.05, 3.63) is 77.9 Å². The van der Waals surface area contributed by atoms with Gasteiger partial charge in [0.2, 0.25) is 12.1 Å². The quantitative estimate of drug-likeness (QED) is 0.118. The summed E-state index contributed by atoms with van der Waals surface area (Å²) in [6, 6.07) is 21.1. The van der Waals surface area contributed by atoms with Crippen LogP contribution in [0.15, 0.2) is 66.7 Å². The number of nitrogens with zero attached hydrogens (tertiary/aromatic N) is 5. The maximum Gasteiger partial charge on any atom is 0.511 e. The van der Waals surface area contributed by atoms with Crippen LogP contribution >= 0.6 is 0 Å². The summed E-state index contributed by atoms with van der Waals surface area (Å²) in [7, 11) is 0. The second-order valence-electron chi connectivity index (χ2n) is 11.8. The Balaban J connectivity index is 1.05. The topological polar surface area (TPSA) is 188 Å². The minimum absolute atomic E-state index is 0.0286. The molecule has 2 aliphatic heterocycles. The number of imidazole rings is 1. The van der Waals surface area contributed by atoms with Crippen molar-refractivity contribution in [2.45, 2.75) is 58.0 Å². The lowest BCUT2D eigenvalue weighted by Crippen LogP contribution is -2.36. The predicted molar refractivity (Wildman–Crippen MR) is 176 cm³/mol. The highest BCUT2D eigenvalue weighted by atomic mass is 16.8. The fourth-order valence-corrected chi connectivity index (χ4v) is 6.26. The van der Waals surface area contributed by atoms with E-state index in [1.807, 2.05) is 55.5 Å². The number of hydrogen-bond acceptors (Lipinski definition) is 14. The lowest BCUT2D eigenvalue weighted by atomic mass is 9.98. The van der Waals surface area contributed by atoms with Crippen LogP contribution in [-0.4, -0.2) is 98.8 Å². The minimum atomic E-state index is -1.30. The Bertz CT molecular complexity index is 2030. The number of ether oxygens (including phenoxy) is 7. The van der Waals surface area contributed by atoms with Gasteiger partial charge in [-0.2, -0.15) is 10.2 Å². The summed E-state index contributed by atoms with van der Waals surface area (Å²) >= 11 is 0. The summed E-state index contributed by atoms with van der Waals surface area (Å²) in [6.45, 7) is 5.37. The number of carbonyl (C=O) groups excluding carboxylic acids is 3. The maximum absolute atomic E-state index is 13.5. The van der Waals surface area contributed by atoms with Crippen LogP contribution in [0.3, 0.4) is 0 Å². The largest absolute Gasteiger partial charge is 0.511 e. The molecule has 0 amide bonds. The van der Waals surface area contributed by atoms with Crippen molar-refractivity contribution < 1.29 is 47.5 Å². The van der Waals surface area contributed by atoms with E-state index in [0.29, 0.717) is 36.0 Å². The number of esters is 2. The van der Waals surface area contributed by atoms with E-state index >= 15 is 0 Å². The molecule has 2 aliphatic rings. The number of fused-ring (bicyclic) bond motifs is 2. The van der Waals surface area contributed by atoms with Gasteiger partial charge in [-0.1, -0.05) is 54.6 Å². The first-order chi connectivity index (χ1) is 24.8. The molecule has 2 saturated heterocycles. The third-order valence-electron chi connectivity index (χ3n) is 8.41. The van der Waals surface area contributed by atoms with E-state index in [-0.39, 0.29) is 18.8 Å². The fraction of sp³-hybridized carbons (Fsp3) is 0.343. The highest BCUT2D eigenvalue weighted by Crippen LogP contribution is 2.33. The van der Waals surface area contributed by atoms with Crippen molar-refractivity contribution in [2.24, 2.45) is 0 Å². The summed E-state index contributed by atoms with van der Waals surface area (Å²) in [5.74, 6) is -0.714. The number of benzene rings is 3. The van der Waals surface area contributed by atoms with E-state index in [9.17, 15) is 14.4 Å².